The fraction of sp³-hybridized carbons (Fsp3) is 0.333. The lowest BCUT2D eigenvalue weighted by Gasteiger charge is -2.14. The number of allylic oxidation sites excluding steroid dienone is 4. The van der Waals surface area contributed by atoms with E-state index in [1.54, 1.807) is 19.6 Å². The van der Waals surface area contributed by atoms with E-state index in [0.29, 0.717) is 0 Å². The number of hydrogen-bond donors (Lipinski definition) is 1. The van der Waals surface area contributed by atoms with Crippen molar-refractivity contribution in [3.8, 4) is 0 Å². The largest absolute Gasteiger partial charge is 0.135 e. The molecular formula is C18H13NS12. The molecule has 0 unspecified atom stereocenters. The first-order chi connectivity index (χ1) is 15.2. The van der Waals surface area contributed by atoms with E-state index in [0.717, 1.165) is 4.24 Å². The summed E-state index contributed by atoms with van der Waals surface area (Å²) in [5, 5.41) is 0. The minimum atomic E-state index is 1.15. The van der Waals surface area contributed by atoms with Gasteiger partial charge in [0.15, 0.2) is 0 Å². The second-order valence-corrected chi connectivity index (χ2v) is 21.7. The van der Waals surface area contributed by atoms with Crippen LogP contribution in [0.15, 0.2) is 53.5 Å². The second kappa shape index (κ2) is 9.48. The minimum Gasteiger partial charge on any atom is -0.135 e. The van der Waals surface area contributed by atoms with Gasteiger partial charge < -0.3 is 0 Å². The van der Waals surface area contributed by atoms with Gasteiger partial charge in [0.05, 0.1) is 33.9 Å². The van der Waals surface area contributed by atoms with Crippen molar-refractivity contribution in [1.82, 2.24) is 3.12 Å². The number of thiol groups is 1. The Labute approximate surface area is 234 Å². The maximum Gasteiger partial charge on any atom is 0.0847 e. The van der Waals surface area contributed by atoms with Gasteiger partial charge in [-0.05, 0) is 74.4 Å². The van der Waals surface area contributed by atoms with Gasteiger partial charge in [0.2, 0.25) is 0 Å². The molecule has 0 aromatic rings. The Balaban J connectivity index is 0.967. The Morgan fingerprint density at radius 3 is 1.52 bits per heavy atom. The van der Waals surface area contributed by atoms with Crippen LogP contribution >= 0.6 is 143 Å². The summed E-state index contributed by atoms with van der Waals surface area (Å²) in [5.74, 6) is 0. The minimum absolute atomic E-state index is 1.15. The maximum atomic E-state index is 4.83. The van der Waals surface area contributed by atoms with E-state index in [1.165, 1.54) is 68.2 Å². The van der Waals surface area contributed by atoms with E-state index < -0.39 is 0 Å². The van der Waals surface area contributed by atoms with E-state index in [-0.39, 0.29) is 0 Å². The molecule has 7 aliphatic rings. The van der Waals surface area contributed by atoms with Crippen molar-refractivity contribution in [3.63, 3.8) is 0 Å². The highest BCUT2D eigenvalue weighted by Gasteiger charge is 2.38. The first-order valence-electron chi connectivity index (χ1n) is 9.56. The molecule has 5 heterocycles. The number of rotatable bonds is 2. The predicted octanol–water partition coefficient (Wildman–Crippen LogP) is 11.4. The molecule has 7 rings (SSSR count). The smallest absolute Gasteiger partial charge is 0.0847 e. The van der Waals surface area contributed by atoms with Gasteiger partial charge in [-0.1, -0.05) is 94.1 Å². The van der Waals surface area contributed by atoms with E-state index in [4.69, 9.17) is 12.6 Å². The van der Waals surface area contributed by atoms with Crippen LogP contribution < -0.4 is 0 Å². The van der Waals surface area contributed by atoms with E-state index in [1.807, 2.05) is 130 Å². The summed E-state index contributed by atoms with van der Waals surface area (Å²) >= 11 is 26.3. The highest BCUT2D eigenvalue weighted by molar-refractivity contribution is 8.50. The third-order valence-corrected chi connectivity index (χ3v) is 21.7. The van der Waals surface area contributed by atoms with Crippen molar-refractivity contribution in [3.05, 3.63) is 53.5 Å². The average molecular weight is 628 g/mol. The fourth-order valence-electron chi connectivity index (χ4n) is 3.61. The van der Waals surface area contributed by atoms with Crippen LogP contribution in [0, 0.1) is 0 Å². The molecule has 5 aliphatic heterocycles. The highest BCUT2D eigenvalue weighted by Crippen LogP contribution is 2.72. The van der Waals surface area contributed by atoms with Gasteiger partial charge in [0.25, 0.3) is 0 Å². The third-order valence-electron chi connectivity index (χ3n) is 4.99. The molecule has 0 fully saturated rings. The molecule has 0 amide bonds. The molecule has 0 atom stereocenters. The highest BCUT2D eigenvalue weighted by atomic mass is 32.3. The molecule has 0 N–H and O–H groups in total. The molecule has 162 valence electrons. The van der Waals surface area contributed by atoms with Gasteiger partial charge in [0.1, 0.15) is 0 Å². The van der Waals surface area contributed by atoms with E-state index >= 15 is 0 Å². The van der Waals surface area contributed by atoms with E-state index in [9.17, 15) is 0 Å². The quantitative estimate of drug-likeness (QED) is 0.229. The van der Waals surface area contributed by atoms with Crippen molar-refractivity contribution in [1.29, 1.82) is 0 Å². The standard InChI is InChI=1S/C18H13NS12/c20-11-12(26-15(25-11)13-21-7-3-1-4-8(7)22-13)29-19-30-17-18(31-19)28-16(27-17)14-23-9-5-2-6-10(9)24-14/h20H,1-6H2. The van der Waals surface area contributed by atoms with Gasteiger partial charge in [-0.25, -0.2) is 0 Å². The van der Waals surface area contributed by atoms with Gasteiger partial charge in [-0.3, -0.25) is 0 Å². The molecule has 31 heavy (non-hydrogen) atoms. The zero-order valence-electron chi connectivity index (χ0n) is 15.6. The first-order valence-corrected chi connectivity index (χ1v) is 18.9. The van der Waals surface area contributed by atoms with Gasteiger partial charge in [-0.15, -0.1) is 15.7 Å². The topological polar surface area (TPSA) is 3.24 Å². The zero-order chi connectivity index (χ0) is 20.5. The van der Waals surface area contributed by atoms with Crippen LogP contribution in [0.2, 0.25) is 0 Å². The summed E-state index contributed by atoms with van der Waals surface area (Å²) in [6.45, 7) is 0. The molecule has 0 bridgehead atoms. The third kappa shape index (κ3) is 4.47. The zero-order valence-corrected chi connectivity index (χ0v) is 25.5. The summed E-state index contributed by atoms with van der Waals surface area (Å²) in [6, 6.07) is 0. The molecule has 2 aliphatic carbocycles. The molecule has 0 saturated carbocycles. The van der Waals surface area contributed by atoms with Crippen LogP contribution in [-0.4, -0.2) is 3.12 Å². The van der Waals surface area contributed by atoms with Gasteiger partial charge in [0, 0.05) is 19.6 Å². The monoisotopic (exact) mass is 627 g/mol. The van der Waals surface area contributed by atoms with Crippen LogP contribution in [0.5, 0.6) is 0 Å². The van der Waals surface area contributed by atoms with Crippen molar-refractivity contribution in [2.75, 3.05) is 0 Å². The molecule has 0 radical (unpaired) electrons. The Bertz CT molecular complexity index is 1040. The SMILES string of the molecule is SC1=C(SN2SC3=C(SC(=C4SC5=C(CCC5)S4)S3)S2)SC(=C2SC3=C(CCC3)S2)S1. The van der Waals surface area contributed by atoms with Crippen LogP contribution in [0.1, 0.15) is 38.5 Å². The number of hydrogen-bond acceptors (Lipinski definition) is 13. The molecule has 0 spiro atoms. The maximum absolute atomic E-state index is 4.83. The Morgan fingerprint density at radius 2 is 1.00 bits per heavy atom. The predicted molar refractivity (Wildman–Crippen MR) is 164 cm³/mol. The Morgan fingerprint density at radius 1 is 0.548 bits per heavy atom. The molecule has 0 aromatic heterocycles. The number of thioether (sulfide) groups is 8. The second-order valence-electron chi connectivity index (χ2n) is 7.03. The Hall–Kier alpha value is 2.60. The Kier molecular flexibility index (Phi) is 6.96. The summed E-state index contributed by atoms with van der Waals surface area (Å²) < 4.78 is 13.7. The summed E-state index contributed by atoms with van der Waals surface area (Å²) in [6.07, 6.45) is 7.85. The lowest BCUT2D eigenvalue weighted by molar-refractivity contribution is 0.921. The van der Waals surface area contributed by atoms with Crippen LogP contribution in [0.3, 0.4) is 0 Å². The van der Waals surface area contributed by atoms with E-state index in [2.05, 4.69) is 3.12 Å². The van der Waals surface area contributed by atoms with Crippen LogP contribution in [0.25, 0.3) is 0 Å². The molecule has 13 heteroatoms. The van der Waals surface area contributed by atoms with Gasteiger partial charge >= 0.3 is 0 Å². The van der Waals surface area contributed by atoms with Crippen LogP contribution in [0.4, 0.5) is 0 Å². The molecule has 0 saturated heterocycles. The molecular weight excluding hydrogens is 615 g/mol. The first kappa shape index (κ1) is 22.8. The van der Waals surface area contributed by atoms with Crippen molar-refractivity contribution in [2.45, 2.75) is 38.5 Å². The summed E-state index contributed by atoms with van der Waals surface area (Å²) in [4.78, 5) is 6.54. The van der Waals surface area contributed by atoms with Crippen molar-refractivity contribution in [2.24, 2.45) is 0 Å². The lowest BCUT2D eigenvalue weighted by Crippen LogP contribution is -1.89. The molecule has 0 aromatic carbocycles. The fourth-order valence-corrected chi connectivity index (χ4v) is 21.2. The van der Waals surface area contributed by atoms with Gasteiger partial charge in [-0.2, -0.15) is 0 Å². The number of nitrogens with zero attached hydrogens (tertiary/aromatic N) is 1. The normalized spacial score (nSPS) is 28.5. The van der Waals surface area contributed by atoms with Crippen molar-refractivity contribution >= 4 is 143 Å². The lowest BCUT2D eigenvalue weighted by atomic mass is 10.4. The molecule has 1 nitrogen and oxygen atoms in total. The summed E-state index contributed by atoms with van der Waals surface area (Å²) in [5.41, 5.74) is 0. The van der Waals surface area contributed by atoms with Crippen molar-refractivity contribution < 1.29 is 0 Å². The average Bonchev–Trinajstić information content (AvgIpc) is 3.52. The summed E-state index contributed by atoms with van der Waals surface area (Å²) in [7, 11) is 0. The van der Waals surface area contributed by atoms with Crippen LogP contribution in [-0.2, 0) is 0 Å².